The van der Waals surface area contributed by atoms with Gasteiger partial charge in [0.15, 0.2) is 0 Å². The van der Waals surface area contributed by atoms with Gasteiger partial charge in [0.1, 0.15) is 0 Å². The van der Waals surface area contributed by atoms with E-state index in [1.807, 2.05) is 19.9 Å². The third kappa shape index (κ3) is 2.95. The van der Waals surface area contributed by atoms with Crippen LogP contribution >= 0.6 is 0 Å². The zero-order chi connectivity index (χ0) is 15.3. The van der Waals surface area contributed by atoms with E-state index >= 15 is 0 Å². The Balaban J connectivity index is 2.71. The minimum absolute atomic E-state index is 0.678. The van der Waals surface area contributed by atoms with E-state index in [9.17, 15) is 0 Å². The molecule has 0 aliphatic carbocycles. The smallest absolute Gasteiger partial charge is 0.372 e. The van der Waals surface area contributed by atoms with Crippen LogP contribution in [0.15, 0.2) is 43.0 Å². The van der Waals surface area contributed by atoms with Crippen LogP contribution in [0.4, 0.5) is 0 Å². The van der Waals surface area contributed by atoms with E-state index < -0.39 is 8.56 Å². The summed E-state index contributed by atoms with van der Waals surface area (Å²) in [6, 6.07) is 13.6. The Bertz CT molecular complexity index is 616. The summed E-state index contributed by atoms with van der Waals surface area (Å²) in [6.07, 6.45) is 1.91. The van der Waals surface area contributed by atoms with Crippen LogP contribution in [0, 0.1) is 0 Å². The summed E-state index contributed by atoms with van der Waals surface area (Å²) < 4.78 is 12.4. The topological polar surface area (TPSA) is 18.5 Å². The van der Waals surface area contributed by atoms with Gasteiger partial charge in [0.25, 0.3) is 0 Å². The van der Waals surface area contributed by atoms with Crippen LogP contribution in [0.25, 0.3) is 16.8 Å². The van der Waals surface area contributed by atoms with Crippen LogP contribution in [-0.2, 0) is 8.85 Å². The maximum Gasteiger partial charge on any atom is 0.372 e. The molecule has 0 heterocycles. The highest BCUT2D eigenvalue weighted by Crippen LogP contribution is 2.23. The molecule has 0 spiro atoms. The standard InChI is InChI=1S/C18H24O2Si/c1-5-15-13-14-18(17-12-10-9-11-16(15)17)21(8-4,19-6-2)20-7-3/h5,9-14H,1,6-8H2,2-4H3. The summed E-state index contributed by atoms with van der Waals surface area (Å²) in [6.45, 7) is 11.5. The highest BCUT2D eigenvalue weighted by Gasteiger charge is 2.39. The normalized spacial score (nSPS) is 11.8. The molecule has 21 heavy (non-hydrogen) atoms. The lowest BCUT2D eigenvalue weighted by molar-refractivity contribution is 0.197. The Morgan fingerprint density at radius 1 is 0.952 bits per heavy atom. The van der Waals surface area contributed by atoms with Crippen LogP contribution in [0.5, 0.6) is 0 Å². The van der Waals surface area contributed by atoms with Gasteiger partial charge in [-0.1, -0.05) is 56.0 Å². The molecule has 0 saturated carbocycles. The van der Waals surface area contributed by atoms with E-state index in [1.165, 1.54) is 16.0 Å². The van der Waals surface area contributed by atoms with Gasteiger partial charge in [0.2, 0.25) is 0 Å². The minimum Gasteiger partial charge on any atom is -0.391 e. The van der Waals surface area contributed by atoms with Gasteiger partial charge < -0.3 is 8.85 Å². The Kier molecular flexibility index (Phi) is 5.34. The fraction of sp³-hybridized carbons (Fsp3) is 0.333. The molecule has 112 valence electrons. The fourth-order valence-electron chi connectivity index (χ4n) is 2.89. The predicted molar refractivity (Wildman–Crippen MR) is 93.2 cm³/mol. The van der Waals surface area contributed by atoms with Gasteiger partial charge in [0, 0.05) is 18.4 Å². The lowest BCUT2D eigenvalue weighted by atomic mass is 10.0. The van der Waals surface area contributed by atoms with Crippen molar-refractivity contribution in [1.29, 1.82) is 0 Å². The first-order chi connectivity index (χ1) is 10.2. The lowest BCUT2D eigenvalue weighted by Crippen LogP contribution is -2.53. The van der Waals surface area contributed by atoms with E-state index in [4.69, 9.17) is 8.85 Å². The third-order valence-corrected chi connectivity index (χ3v) is 7.51. The van der Waals surface area contributed by atoms with Crippen LogP contribution < -0.4 is 5.19 Å². The van der Waals surface area contributed by atoms with Crippen molar-refractivity contribution in [2.75, 3.05) is 13.2 Å². The number of fused-ring (bicyclic) bond motifs is 1. The number of benzene rings is 2. The van der Waals surface area contributed by atoms with Gasteiger partial charge in [-0.05, 0) is 36.2 Å². The molecule has 0 unspecified atom stereocenters. The van der Waals surface area contributed by atoms with Crippen molar-refractivity contribution in [3.8, 4) is 0 Å². The minimum atomic E-state index is -2.38. The second kappa shape index (κ2) is 7.03. The molecule has 2 aromatic rings. The van der Waals surface area contributed by atoms with E-state index in [0.29, 0.717) is 13.2 Å². The molecule has 3 heteroatoms. The van der Waals surface area contributed by atoms with Gasteiger partial charge in [0.05, 0.1) is 0 Å². The molecule has 0 fully saturated rings. The predicted octanol–water partition coefficient (Wildman–Crippen LogP) is 4.22. The average molecular weight is 300 g/mol. The first-order valence-electron chi connectivity index (χ1n) is 7.65. The molecule has 0 N–H and O–H groups in total. The molecule has 0 amide bonds. The van der Waals surface area contributed by atoms with E-state index in [2.05, 4.69) is 49.9 Å². The SMILES string of the molecule is C=Cc1ccc([Si](CC)(OCC)OCC)c2ccccc12. The van der Waals surface area contributed by atoms with Gasteiger partial charge in [-0.25, -0.2) is 0 Å². The molecule has 0 aromatic heterocycles. The summed E-state index contributed by atoms with van der Waals surface area (Å²) in [4.78, 5) is 0. The quantitative estimate of drug-likeness (QED) is 0.713. The molecule has 2 aromatic carbocycles. The van der Waals surface area contributed by atoms with Crippen molar-refractivity contribution in [2.24, 2.45) is 0 Å². The van der Waals surface area contributed by atoms with Crippen molar-refractivity contribution < 1.29 is 8.85 Å². The number of hydrogen-bond donors (Lipinski definition) is 0. The Hall–Kier alpha value is -1.42. The maximum absolute atomic E-state index is 6.18. The van der Waals surface area contributed by atoms with Gasteiger partial charge in [-0.15, -0.1) is 0 Å². The van der Waals surface area contributed by atoms with E-state index in [1.54, 1.807) is 0 Å². The van der Waals surface area contributed by atoms with Crippen LogP contribution in [0.1, 0.15) is 26.3 Å². The summed E-state index contributed by atoms with van der Waals surface area (Å²) in [5, 5.41) is 3.68. The molecule has 0 atom stereocenters. The van der Waals surface area contributed by atoms with Crippen molar-refractivity contribution >= 4 is 30.6 Å². The Labute approximate surface area is 128 Å². The monoisotopic (exact) mass is 300 g/mol. The van der Waals surface area contributed by atoms with E-state index in [0.717, 1.165) is 11.6 Å². The maximum atomic E-state index is 6.18. The zero-order valence-corrected chi connectivity index (χ0v) is 14.2. The van der Waals surface area contributed by atoms with Gasteiger partial charge in [-0.3, -0.25) is 0 Å². The summed E-state index contributed by atoms with van der Waals surface area (Å²) in [7, 11) is -2.38. The highest BCUT2D eigenvalue weighted by atomic mass is 28.4. The second-order valence-corrected chi connectivity index (χ2v) is 8.25. The van der Waals surface area contributed by atoms with Gasteiger partial charge in [-0.2, -0.15) is 0 Å². The summed E-state index contributed by atoms with van der Waals surface area (Å²) in [5.41, 5.74) is 1.15. The van der Waals surface area contributed by atoms with Crippen LogP contribution in [0.3, 0.4) is 0 Å². The Morgan fingerprint density at radius 3 is 2.10 bits per heavy atom. The number of rotatable bonds is 7. The lowest BCUT2D eigenvalue weighted by Gasteiger charge is -2.30. The van der Waals surface area contributed by atoms with Crippen LogP contribution in [-0.4, -0.2) is 21.8 Å². The van der Waals surface area contributed by atoms with Gasteiger partial charge >= 0.3 is 8.56 Å². The van der Waals surface area contributed by atoms with Crippen molar-refractivity contribution in [1.82, 2.24) is 0 Å². The van der Waals surface area contributed by atoms with E-state index in [-0.39, 0.29) is 0 Å². The molecule has 0 saturated heterocycles. The zero-order valence-electron chi connectivity index (χ0n) is 13.2. The first kappa shape index (κ1) is 16.0. The molecular formula is C18H24O2Si. The molecule has 0 radical (unpaired) electrons. The molecular weight excluding hydrogens is 276 g/mol. The molecule has 0 aliphatic rings. The molecule has 2 rings (SSSR count). The van der Waals surface area contributed by atoms with Crippen molar-refractivity contribution in [2.45, 2.75) is 26.8 Å². The first-order valence-corrected chi connectivity index (χ1v) is 9.67. The molecule has 2 nitrogen and oxygen atoms in total. The van der Waals surface area contributed by atoms with Crippen molar-refractivity contribution in [3.63, 3.8) is 0 Å². The third-order valence-electron chi connectivity index (χ3n) is 3.81. The summed E-state index contributed by atoms with van der Waals surface area (Å²) >= 11 is 0. The molecule has 0 bridgehead atoms. The second-order valence-electron chi connectivity index (χ2n) is 4.92. The largest absolute Gasteiger partial charge is 0.391 e. The number of hydrogen-bond acceptors (Lipinski definition) is 2. The summed E-state index contributed by atoms with van der Waals surface area (Å²) in [5.74, 6) is 0. The highest BCUT2D eigenvalue weighted by molar-refractivity contribution is 6.83. The fourth-order valence-corrected chi connectivity index (χ4v) is 5.97. The van der Waals surface area contributed by atoms with Crippen LogP contribution in [0.2, 0.25) is 6.04 Å². The molecule has 0 aliphatic heterocycles. The van der Waals surface area contributed by atoms with Crippen molar-refractivity contribution in [3.05, 3.63) is 48.5 Å². The average Bonchev–Trinajstić information content (AvgIpc) is 2.53. The Morgan fingerprint density at radius 2 is 1.57 bits per heavy atom.